The maximum atomic E-state index is 12.0. The van der Waals surface area contributed by atoms with Gasteiger partial charge in [-0.15, -0.1) is 22.7 Å². The summed E-state index contributed by atoms with van der Waals surface area (Å²) in [6, 6.07) is 8.83. The first-order chi connectivity index (χ1) is 15.1. The molecule has 2 aromatic heterocycles. The van der Waals surface area contributed by atoms with Crippen molar-refractivity contribution < 1.29 is 25.9 Å². The number of hydrogen-bond acceptors (Lipinski definition) is 8. The summed E-state index contributed by atoms with van der Waals surface area (Å²) in [6.45, 7) is 0. The molecule has 32 heavy (non-hydrogen) atoms. The summed E-state index contributed by atoms with van der Waals surface area (Å²) in [5, 5.41) is 4.64. The first-order valence-electron chi connectivity index (χ1n) is 8.84. The molecule has 0 radical (unpaired) electrons. The van der Waals surface area contributed by atoms with Crippen LogP contribution in [0, 0.1) is 0 Å². The van der Waals surface area contributed by atoms with Crippen molar-refractivity contribution >= 4 is 55.1 Å². The Kier molecular flexibility index (Phi) is 6.07. The molecule has 0 unspecified atom stereocenters. The maximum absolute atomic E-state index is 12.0. The van der Waals surface area contributed by atoms with E-state index in [1.165, 1.54) is 59.1 Å². The predicted octanol–water partition coefficient (Wildman–Crippen LogP) is 4.60. The molecular weight excluding hydrogens is 492 g/mol. The van der Waals surface area contributed by atoms with Crippen LogP contribution >= 0.6 is 22.7 Å². The van der Waals surface area contributed by atoms with Crippen molar-refractivity contribution in [3.63, 3.8) is 0 Å². The molecule has 2 heterocycles. The van der Waals surface area contributed by atoms with Crippen LogP contribution in [0.3, 0.4) is 0 Å². The Morgan fingerprint density at radius 1 is 0.688 bits per heavy atom. The van der Waals surface area contributed by atoms with E-state index >= 15 is 0 Å². The van der Waals surface area contributed by atoms with E-state index in [4.69, 9.17) is 0 Å². The van der Waals surface area contributed by atoms with E-state index in [0.717, 1.165) is 0 Å². The minimum Gasteiger partial charge on any atom is -0.282 e. The second-order valence-electron chi connectivity index (χ2n) is 6.46. The fourth-order valence-electron chi connectivity index (χ4n) is 2.97. The van der Waals surface area contributed by atoms with Gasteiger partial charge in [0.25, 0.3) is 20.2 Å². The Balaban J connectivity index is 1.79. The van der Waals surface area contributed by atoms with Crippen LogP contribution in [0.1, 0.15) is 11.1 Å². The maximum Gasteiger partial charge on any atom is 0.295 e. The van der Waals surface area contributed by atoms with Crippen LogP contribution in [0.4, 0.5) is 0 Å². The zero-order valence-corrected chi connectivity index (χ0v) is 19.2. The van der Waals surface area contributed by atoms with Gasteiger partial charge >= 0.3 is 0 Å². The van der Waals surface area contributed by atoms with Gasteiger partial charge in [-0.25, -0.2) is 9.97 Å². The summed E-state index contributed by atoms with van der Waals surface area (Å²) < 4.78 is 67.2. The Bertz CT molecular complexity index is 1390. The van der Waals surface area contributed by atoms with Gasteiger partial charge in [-0.2, -0.15) is 16.8 Å². The van der Waals surface area contributed by atoms with Gasteiger partial charge in [0, 0.05) is 34.3 Å². The average Bonchev–Trinajstić information content (AvgIpc) is 3.45. The van der Waals surface area contributed by atoms with Gasteiger partial charge in [0.15, 0.2) is 0 Å². The second kappa shape index (κ2) is 8.65. The molecule has 164 valence electrons. The SMILES string of the molecule is O=S(=O)(O)c1cc(-c2nccs2)ccc1/C=C/c1ccc(-c2nccs2)cc1S(=O)(=O)O. The molecule has 12 heteroatoms. The van der Waals surface area contributed by atoms with Crippen LogP contribution in [0.15, 0.2) is 69.3 Å². The molecule has 0 aliphatic heterocycles. The van der Waals surface area contributed by atoms with Crippen molar-refractivity contribution in [3.8, 4) is 21.1 Å². The Labute approximate surface area is 192 Å². The first kappa shape index (κ1) is 22.5. The Morgan fingerprint density at radius 2 is 1.09 bits per heavy atom. The monoisotopic (exact) mass is 506 g/mol. The van der Waals surface area contributed by atoms with Crippen LogP contribution in [0.2, 0.25) is 0 Å². The zero-order valence-electron chi connectivity index (χ0n) is 16.0. The van der Waals surface area contributed by atoms with Crippen LogP contribution in [-0.4, -0.2) is 35.9 Å². The van der Waals surface area contributed by atoms with E-state index < -0.39 is 20.2 Å². The summed E-state index contributed by atoms with van der Waals surface area (Å²) in [6.07, 6.45) is 5.85. The van der Waals surface area contributed by atoms with Crippen molar-refractivity contribution in [3.05, 3.63) is 70.7 Å². The van der Waals surface area contributed by atoms with Crippen LogP contribution in [-0.2, 0) is 20.2 Å². The molecule has 2 N–H and O–H groups in total. The molecule has 0 fully saturated rings. The Hall–Kier alpha value is -2.74. The first-order valence-corrected chi connectivity index (χ1v) is 13.5. The summed E-state index contributed by atoms with van der Waals surface area (Å²) in [5.41, 5.74) is 1.29. The van der Waals surface area contributed by atoms with Crippen LogP contribution in [0.25, 0.3) is 33.3 Å². The van der Waals surface area contributed by atoms with Gasteiger partial charge in [-0.3, -0.25) is 9.11 Å². The van der Waals surface area contributed by atoms with E-state index in [1.54, 1.807) is 35.3 Å². The molecule has 0 atom stereocenters. The third kappa shape index (κ3) is 4.85. The summed E-state index contributed by atoms with van der Waals surface area (Å²) >= 11 is 2.62. The van der Waals surface area contributed by atoms with Gasteiger partial charge in [-0.05, 0) is 23.3 Å². The summed E-state index contributed by atoms with van der Waals surface area (Å²) in [4.78, 5) is 7.55. The molecule has 0 saturated heterocycles. The van der Waals surface area contributed by atoms with E-state index in [1.807, 2.05) is 0 Å². The van der Waals surface area contributed by atoms with Crippen molar-refractivity contribution in [2.24, 2.45) is 0 Å². The van der Waals surface area contributed by atoms with E-state index in [-0.39, 0.29) is 20.9 Å². The van der Waals surface area contributed by atoms with Gasteiger partial charge in [-0.1, -0.05) is 36.4 Å². The number of rotatable bonds is 6. The number of thiazole rings is 2. The molecular formula is C20H14N2O6S4. The molecule has 0 saturated carbocycles. The number of hydrogen-bond donors (Lipinski definition) is 2. The fourth-order valence-corrected chi connectivity index (χ4v) is 5.66. The molecule has 0 bridgehead atoms. The third-order valence-corrected chi connectivity index (χ3v) is 7.85. The minimum absolute atomic E-state index is 0.137. The standard InChI is InChI=1S/C20H14N2O6S4/c23-31(24,25)17-11-15(19-21-7-9-29-19)5-3-13(17)1-2-14-4-6-16(20-22-8-10-30-20)12-18(14)32(26,27)28/h1-12H,(H,23,24,25)(H,26,27,28)/b2-1+. The molecule has 0 aliphatic carbocycles. The highest BCUT2D eigenvalue weighted by Gasteiger charge is 2.18. The number of benzene rings is 2. The number of nitrogens with zero attached hydrogens (tertiary/aromatic N) is 2. The summed E-state index contributed by atoms with van der Waals surface area (Å²) in [5.74, 6) is 0. The average molecular weight is 507 g/mol. The lowest BCUT2D eigenvalue weighted by Gasteiger charge is -2.08. The second-order valence-corrected chi connectivity index (χ2v) is 11.0. The van der Waals surface area contributed by atoms with Crippen molar-refractivity contribution in [1.29, 1.82) is 0 Å². The van der Waals surface area contributed by atoms with Gasteiger partial charge < -0.3 is 0 Å². The molecule has 0 aliphatic rings. The largest absolute Gasteiger partial charge is 0.295 e. The molecule has 4 rings (SSSR count). The minimum atomic E-state index is -4.58. The fraction of sp³-hybridized carbons (Fsp3) is 0. The van der Waals surface area contributed by atoms with Gasteiger partial charge in [0.2, 0.25) is 0 Å². The van der Waals surface area contributed by atoms with Gasteiger partial charge in [0.05, 0.1) is 0 Å². The lowest BCUT2D eigenvalue weighted by molar-refractivity contribution is 0.480. The number of aromatic nitrogens is 2. The molecule has 0 amide bonds. The lowest BCUT2D eigenvalue weighted by atomic mass is 10.1. The van der Waals surface area contributed by atoms with E-state index in [9.17, 15) is 25.9 Å². The smallest absolute Gasteiger partial charge is 0.282 e. The summed E-state index contributed by atoms with van der Waals surface area (Å²) in [7, 11) is -9.15. The Morgan fingerprint density at radius 3 is 1.41 bits per heavy atom. The predicted molar refractivity (Wildman–Crippen MR) is 124 cm³/mol. The molecule has 4 aromatic rings. The normalized spacial score (nSPS) is 12.4. The van der Waals surface area contributed by atoms with Crippen LogP contribution < -0.4 is 0 Å². The molecule has 2 aromatic carbocycles. The van der Waals surface area contributed by atoms with Crippen molar-refractivity contribution in [1.82, 2.24) is 9.97 Å². The van der Waals surface area contributed by atoms with E-state index in [2.05, 4.69) is 9.97 Å². The van der Waals surface area contributed by atoms with Gasteiger partial charge in [0.1, 0.15) is 19.8 Å². The highest BCUT2D eigenvalue weighted by Crippen LogP contribution is 2.30. The van der Waals surface area contributed by atoms with Crippen molar-refractivity contribution in [2.45, 2.75) is 9.79 Å². The lowest BCUT2D eigenvalue weighted by Crippen LogP contribution is -2.02. The molecule has 8 nitrogen and oxygen atoms in total. The third-order valence-electron chi connectivity index (χ3n) is 4.38. The van der Waals surface area contributed by atoms with Crippen LogP contribution in [0.5, 0.6) is 0 Å². The molecule has 0 spiro atoms. The highest BCUT2D eigenvalue weighted by molar-refractivity contribution is 7.86. The van der Waals surface area contributed by atoms with Crippen molar-refractivity contribution in [2.75, 3.05) is 0 Å². The zero-order chi connectivity index (χ0) is 22.9. The van der Waals surface area contributed by atoms with E-state index in [0.29, 0.717) is 21.1 Å². The highest BCUT2D eigenvalue weighted by atomic mass is 32.2. The topological polar surface area (TPSA) is 135 Å². The quantitative estimate of drug-likeness (QED) is 0.286.